The van der Waals surface area contributed by atoms with Crippen molar-refractivity contribution in [3.63, 3.8) is 0 Å². The van der Waals surface area contributed by atoms with Gasteiger partial charge in [0, 0.05) is 5.56 Å². The molecule has 10 heteroatoms. The first-order chi connectivity index (χ1) is 15.0. The van der Waals surface area contributed by atoms with Crippen LogP contribution in [-0.2, 0) is 4.79 Å². The zero-order valence-electron chi connectivity index (χ0n) is 16.6. The Morgan fingerprint density at radius 1 is 1.19 bits per heavy atom. The molecule has 2 amide bonds. The fourth-order valence-electron chi connectivity index (χ4n) is 2.63. The van der Waals surface area contributed by atoms with Crippen LogP contribution in [0.5, 0.6) is 17.2 Å². The maximum absolute atomic E-state index is 12.8. The maximum atomic E-state index is 12.8. The summed E-state index contributed by atoms with van der Waals surface area (Å²) in [5, 5.41) is 9.70. The lowest BCUT2D eigenvalue weighted by Crippen LogP contribution is -2.44. The van der Waals surface area contributed by atoms with Gasteiger partial charge in [0.15, 0.2) is 22.4 Å². The molecule has 158 valence electrons. The van der Waals surface area contributed by atoms with E-state index in [-0.39, 0.29) is 10.9 Å². The van der Waals surface area contributed by atoms with Gasteiger partial charge in [0.05, 0.1) is 19.1 Å². The molecule has 0 bridgehead atoms. The molecule has 0 atom stereocenters. The van der Waals surface area contributed by atoms with Crippen molar-refractivity contribution in [3.8, 4) is 23.3 Å². The lowest BCUT2D eigenvalue weighted by Gasteiger charge is -2.15. The Bertz CT molecular complexity index is 1090. The summed E-state index contributed by atoms with van der Waals surface area (Å²) in [6.45, 7) is -0.109. The summed E-state index contributed by atoms with van der Waals surface area (Å²) in [6.07, 6.45) is 1.63. The third-order valence-corrected chi connectivity index (χ3v) is 5.44. The highest BCUT2D eigenvalue weighted by molar-refractivity contribution is 8.26. The number of benzene rings is 2. The molecule has 0 spiro atoms. The van der Waals surface area contributed by atoms with Gasteiger partial charge in [-0.3, -0.25) is 15.0 Å². The van der Waals surface area contributed by atoms with E-state index in [1.165, 1.54) is 14.2 Å². The monoisotopic (exact) mass is 455 g/mol. The smallest absolute Gasteiger partial charge is 0.285 e. The second-order valence-corrected chi connectivity index (χ2v) is 7.72. The number of thiocarbonyl (C=S) groups is 1. The van der Waals surface area contributed by atoms with Crippen molar-refractivity contribution in [1.82, 2.24) is 10.4 Å². The van der Waals surface area contributed by atoms with E-state index < -0.39 is 11.8 Å². The average molecular weight is 456 g/mol. The van der Waals surface area contributed by atoms with E-state index >= 15 is 0 Å². The van der Waals surface area contributed by atoms with E-state index in [0.29, 0.717) is 33.3 Å². The van der Waals surface area contributed by atoms with E-state index in [4.69, 9.17) is 31.7 Å². The van der Waals surface area contributed by atoms with Gasteiger partial charge < -0.3 is 14.2 Å². The molecule has 8 nitrogen and oxygen atoms in total. The SMILES string of the molecule is COc1ccc(C(=O)NN2C(=O)/C(=C/c3ccc(OCC#N)c(OC)c3)SC2=S)cc1. The van der Waals surface area contributed by atoms with Crippen LogP contribution >= 0.6 is 24.0 Å². The number of hydrogen-bond acceptors (Lipinski definition) is 8. The highest BCUT2D eigenvalue weighted by atomic mass is 32.2. The standard InChI is InChI=1S/C21H17N3O5S2/c1-27-15-6-4-14(5-7-15)19(25)23-24-20(26)18(31-21(24)30)12-13-3-8-16(29-10-9-22)17(11-13)28-2/h3-8,11-12H,10H2,1-2H3,(H,23,25)/b18-12-. The van der Waals surface area contributed by atoms with Gasteiger partial charge in [0.25, 0.3) is 11.8 Å². The Morgan fingerprint density at radius 3 is 2.58 bits per heavy atom. The van der Waals surface area contributed by atoms with Gasteiger partial charge in [0.1, 0.15) is 11.8 Å². The van der Waals surface area contributed by atoms with Gasteiger partial charge in [0.2, 0.25) is 0 Å². The van der Waals surface area contributed by atoms with Gasteiger partial charge in [-0.25, -0.2) is 0 Å². The molecule has 0 aliphatic carbocycles. The van der Waals surface area contributed by atoms with Crippen molar-refractivity contribution in [1.29, 1.82) is 5.26 Å². The number of carbonyl (C=O) groups excluding carboxylic acids is 2. The Labute approximate surface area is 188 Å². The summed E-state index contributed by atoms with van der Waals surface area (Å²) in [5.74, 6) is 0.541. The first kappa shape index (κ1) is 22.1. The fraction of sp³-hybridized carbons (Fsp3) is 0.143. The Hall–Kier alpha value is -3.55. The highest BCUT2D eigenvalue weighted by Gasteiger charge is 2.33. The van der Waals surface area contributed by atoms with Crippen LogP contribution < -0.4 is 19.6 Å². The minimum atomic E-state index is -0.471. The predicted molar refractivity (Wildman–Crippen MR) is 120 cm³/mol. The maximum Gasteiger partial charge on any atom is 0.285 e. The molecule has 1 heterocycles. The number of rotatable bonds is 7. The van der Waals surface area contributed by atoms with E-state index in [1.54, 1.807) is 48.5 Å². The summed E-state index contributed by atoms with van der Waals surface area (Å²) in [7, 11) is 3.01. The highest BCUT2D eigenvalue weighted by Crippen LogP contribution is 2.34. The summed E-state index contributed by atoms with van der Waals surface area (Å²) < 4.78 is 15.9. The van der Waals surface area contributed by atoms with Crippen molar-refractivity contribution in [2.24, 2.45) is 0 Å². The molecule has 2 aromatic rings. The van der Waals surface area contributed by atoms with Gasteiger partial charge >= 0.3 is 0 Å². The summed E-state index contributed by atoms with van der Waals surface area (Å²) >= 11 is 6.32. The molecule has 2 aromatic carbocycles. The summed E-state index contributed by atoms with van der Waals surface area (Å²) in [4.78, 5) is 25.6. The molecule has 0 radical (unpaired) electrons. The van der Waals surface area contributed by atoms with Crippen LogP contribution in [0.15, 0.2) is 47.4 Å². The number of carbonyl (C=O) groups is 2. The van der Waals surface area contributed by atoms with Crippen molar-refractivity contribution in [2.45, 2.75) is 0 Å². The number of nitriles is 1. The van der Waals surface area contributed by atoms with Crippen molar-refractivity contribution in [2.75, 3.05) is 20.8 Å². The van der Waals surface area contributed by atoms with Crippen LogP contribution in [0, 0.1) is 11.3 Å². The first-order valence-electron chi connectivity index (χ1n) is 8.87. The minimum absolute atomic E-state index is 0.109. The fourth-order valence-corrected chi connectivity index (χ4v) is 3.81. The normalized spacial score (nSPS) is 14.4. The molecule has 0 saturated carbocycles. The van der Waals surface area contributed by atoms with Crippen LogP contribution in [0.25, 0.3) is 6.08 Å². The molecule has 1 aliphatic rings. The third kappa shape index (κ3) is 5.14. The largest absolute Gasteiger partial charge is 0.497 e. The van der Waals surface area contributed by atoms with Gasteiger partial charge in [-0.15, -0.1) is 0 Å². The third-order valence-electron chi connectivity index (χ3n) is 4.14. The topological polar surface area (TPSA) is 101 Å². The van der Waals surface area contributed by atoms with E-state index in [1.807, 2.05) is 6.07 Å². The lowest BCUT2D eigenvalue weighted by atomic mass is 10.2. The van der Waals surface area contributed by atoms with Crippen molar-refractivity contribution < 1.29 is 23.8 Å². The molecule has 3 rings (SSSR count). The number of nitrogens with zero attached hydrogens (tertiary/aromatic N) is 2. The second-order valence-electron chi connectivity index (χ2n) is 6.04. The van der Waals surface area contributed by atoms with Crippen LogP contribution in [0.4, 0.5) is 0 Å². The molecule has 0 aromatic heterocycles. The molecular weight excluding hydrogens is 438 g/mol. The summed E-state index contributed by atoms with van der Waals surface area (Å²) in [6, 6.07) is 13.4. The van der Waals surface area contributed by atoms with Gasteiger partial charge in [-0.2, -0.15) is 10.3 Å². The van der Waals surface area contributed by atoms with Crippen molar-refractivity contribution in [3.05, 3.63) is 58.5 Å². The number of thioether (sulfide) groups is 1. The molecule has 1 saturated heterocycles. The molecule has 0 unspecified atom stereocenters. The average Bonchev–Trinajstić information content (AvgIpc) is 3.05. The summed E-state index contributed by atoms with van der Waals surface area (Å²) in [5.41, 5.74) is 3.56. The number of hydrazine groups is 1. The Morgan fingerprint density at radius 2 is 1.94 bits per heavy atom. The Balaban J connectivity index is 1.75. The van der Waals surface area contributed by atoms with Gasteiger partial charge in [-0.1, -0.05) is 17.8 Å². The van der Waals surface area contributed by atoms with E-state index in [2.05, 4.69) is 5.43 Å². The van der Waals surface area contributed by atoms with E-state index in [0.717, 1.165) is 16.8 Å². The molecule has 1 fully saturated rings. The molecule has 1 aliphatic heterocycles. The van der Waals surface area contributed by atoms with Crippen LogP contribution in [0.2, 0.25) is 0 Å². The number of nitrogens with one attached hydrogen (secondary N) is 1. The predicted octanol–water partition coefficient (Wildman–Crippen LogP) is 3.15. The number of amides is 2. The molecule has 1 N–H and O–H groups in total. The van der Waals surface area contributed by atoms with Crippen molar-refractivity contribution >= 4 is 46.2 Å². The van der Waals surface area contributed by atoms with Crippen LogP contribution in [0.1, 0.15) is 15.9 Å². The Kier molecular flexibility index (Phi) is 7.12. The molecule has 31 heavy (non-hydrogen) atoms. The van der Waals surface area contributed by atoms with Crippen LogP contribution in [0.3, 0.4) is 0 Å². The second kappa shape index (κ2) is 9.97. The zero-order valence-corrected chi connectivity index (χ0v) is 18.2. The first-order valence-corrected chi connectivity index (χ1v) is 10.1. The van der Waals surface area contributed by atoms with E-state index in [9.17, 15) is 9.59 Å². The minimum Gasteiger partial charge on any atom is -0.497 e. The number of ether oxygens (including phenoxy) is 3. The lowest BCUT2D eigenvalue weighted by molar-refractivity contribution is -0.123. The molecular formula is C21H17N3O5S2. The number of methoxy groups -OCH3 is 2. The zero-order chi connectivity index (χ0) is 22.4. The van der Waals surface area contributed by atoms with Crippen LogP contribution in [-0.4, -0.2) is 42.0 Å². The quantitative estimate of drug-likeness (QED) is 0.502. The number of hydrogen-bond donors (Lipinski definition) is 1. The van der Waals surface area contributed by atoms with Gasteiger partial charge in [-0.05, 0) is 60.3 Å².